The monoisotopic (exact) mass is 1030 g/mol. The van der Waals surface area contributed by atoms with Crippen molar-refractivity contribution in [2.24, 2.45) is 0 Å². The molecule has 9 heteroatoms. The molecule has 6 nitrogen and oxygen atoms in total. The maximum Gasteiger partial charge on any atom is 0.416 e. The number of halogens is 3. The molecule has 0 amide bonds. The summed E-state index contributed by atoms with van der Waals surface area (Å²) in [4.78, 5) is 16.0. The molecule has 0 unspecified atom stereocenters. The van der Waals surface area contributed by atoms with Crippen molar-refractivity contribution in [2.45, 2.75) is 111 Å². The first-order chi connectivity index (χ1) is 36.8. The van der Waals surface area contributed by atoms with Gasteiger partial charge in [0.25, 0.3) is 0 Å². The third kappa shape index (κ3) is 9.21. The number of rotatable bonds is 6. The Labute approximate surface area is 454 Å². The van der Waals surface area contributed by atoms with Crippen molar-refractivity contribution < 1.29 is 13.2 Å². The van der Waals surface area contributed by atoms with E-state index < -0.39 is 11.7 Å². The highest BCUT2D eigenvalue weighted by molar-refractivity contribution is 6.11. The second-order valence-electron chi connectivity index (χ2n) is 24.9. The lowest BCUT2D eigenvalue weighted by Crippen LogP contribution is -2.11. The Kier molecular flexibility index (Phi) is 12.2. The number of hydrogen-bond donors (Lipinski definition) is 0. The molecular formula is C69H63F3N6. The molecule has 0 N–H and O–H groups in total. The molecule has 0 aliphatic rings. The van der Waals surface area contributed by atoms with E-state index in [-0.39, 0.29) is 33.2 Å². The lowest BCUT2D eigenvalue weighted by atomic mass is 9.85. The highest BCUT2D eigenvalue weighted by Gasteiger charge is 2.33. The topological polar surface area (TPSA) is 72.3 Å². The van der Waals surface area contributed by atoms with Gasteiger partial charge in [-0.3, -0.25) is 0 Å². The van der Waals surface area contributed by atoms with Crippen LogP contribution in [0.1, 0.15) is 116 Å². The van der Waals surface area contributed by atoms with Crippen molar-refractivity contribution in [3.63, 3.8) is 0 Å². The standard InChI is InChI=1S/C69H63F3N6/c1-65(2,3)44-24-30-56-51(35-44)52-36-45(66(4,5)6)25-31-57(52)77(56)60-29-22-42(49-21-17-16-20-43(49)40-73)34-55(60)64-75-62(41-18-14-13-15-19-41)74-63(76-64)50-28-23-48(69(70,71)72)39-61(50)78-58-32-26-46(67(7,8)9)37-53(58)54-38-47(68(10,11)12)27-33-59(54)78/h13-39H,1-12H3. The maximum atomic E-state index is 15.2. The minimum absolute atomic E-state index is 0.124. The van der Waals surface area contributed by atoms with Crippen molar-refractivity contribution in [3.8, 4) is 62.7 Å². The van der Waals surface area contributed by atoms with Crippen LogP contribution in [0.25, 0.3) is 100 Å². The summed E-state index contributed by atoms with van der Waals surface area (Å²) in [7, 11) is 0. The van der Waals surface area contributed by atoms with Crippen LogP contribution in [-0.4, -0.2) is 24.1 Å². The highest BCUT2D eigenvalue weighted by atomic mass is 19.4. The first-order valence-corrected chi connectivity index (χ1v) is 26.6. The van der Waals surface area contributed by atoms with Crippen LogP contribution >= 0.6 is 0 Å². The number of nitrogens with zero attached hydrogens (tertiary/aromatic N) is 6. The second kappa shape index (κ2) is 18.4. The summed E-state index contributed by atoms with van der Waals surface area (Å²) < 4.78 is 49.9. The van der Waals surface area contributed by atoms with Crippen LogP contribution in [0.15, 0.2) is 164 Å². The summed E-state index contributed by atoms with van der Waals surface area (Å²) in [6.45, 7) is 26.3. The fourth-order valence-corrected chi connectivity index (χ4v) is 10.8. The number of benzene rings is 8. The molecule has 3 heterocycles. The molecular weight excluding hydrogens is 970 g/mol. The van der Waals surface area contributed by atoms with Crippen LogP contribution in [0.4, 0.5) is 13.2 Å². The molecule has 0 aliphatic heterocycles. The Hall–Kier alpha value is -8.35. The van der Waals surface area contributed by atoms with Crippen LogP contribution in [0.5, 0.6) is 0 Å². The smallest absolute Gasteiger partial charge is 0.309 e. The van der Waals surface area contributed by atoms with Gasteiger partial charge in [0.05, 0.1) is 50.6 Å². The van der Waals surface area contributed by atoms with E-state index in [0.29, 0.717) is 33.9 Å². The Morgan fingerprint density at radius 1 is 0.359 bits per heavy atom. The minimum Gasteiger partial charge on any atom is -0.309 e. The van der Waals surface area contributed by atoms with Crippen LogP contribution < -0.4 is 0 Å². The van der Waals surface area contributed by atoms with Gasteiger partial charge < -0.3 is 9.13 Å². The molecule has 390 valence electrons. The molecule has 0 saturated heterocycles. The van der Waals surface area contributed by atoms with Crippen molar-refractivity contribution in [1.29, 1.82) is 5.26 Å². The zero-order valence-corrected chi connectivity index (χ0v) is 46.4. The average molecular weight is 1030 g/mol. The van der Waals surface area contributed by atoms with Gasteiger partial charge >= 0.3 is 6.18 Å². The molecule has 0 atom stereocenters. The molecule has 0 aliphatic carbocycles. The van der Waals surface area contributed by atoms with Crippen molar-refractivity contribution in [2.75, 3.05) is 0 Å². The lowest BCUT2D eigenvalue weighted by molar-refractivity contribution is -0.137. The molecule has 0 bridgehead atoms. The van der Waals surface area contributed by atoms with Gasteiger partial charge in [-0.1, -0.05) is 162 Å². The third-order valence-corrected chi connectivity index (χ3v) is 15.3. The van der Waals surface area contributed by atoms with E-state index in [2.05, 4.69) is 160 Å². The molecule has 8 aromatic carbocycles. The Bertz CT molecular complexity index is 4090. The molecule has 0 fully saturated rings. The van der Waals surface area contributed by atoms with Gasteiger partial charge in [0.15, 0.2) is 17.5 Å². The molecule has 11 aromatic rings. The summed E-state index contributed by atoms with van der Waals surface area (Å²) >= 11 is 0. The van der Waals surface area contributed by atoms with Crippen molar-refractivity contribution in [1.82, 2.24) is 24.1 Å². The molecule has 3 aromatic heterocycles. The van der Waals surface area contributed by atoms with Gasteiger partial charge in [-0.15, -0.1) is 0 Å². The van der Waals surface area contributed by atoms with E-state index in [9.17, 15) is 5.26 Å². The van der Waals surface area contributed by atoms with Crippen LogP contribution in [0.3, 0.4) is 0 Å². The number of aromatic nitrogens is 5. The van der Waals surface area contributed by atoms with E-state index >= 15 is 13.2 Å². The van der Waals surface area contributed by atoms with E-state index in [1.54, 1.807) is 6.07 Å². The zero-order chi connectivity index (χ0) is 55.4. The van der Waals surface area contributed by atoms with E-state index in [1.807, 2.05) is 77.4 Å². The first-order valence-electron chi connectivity index (χ1n) is 26.6. The van der Waals surface area contributed by atoms with E-state index in [0.717, 1.165) is 77.6 Å². The molecule has 11 rings (SSSR count). The number of fused-ring (bicyclic) bond motifs is 6. The summed E-state index contributed by atoms with van der Waals surface area (Å²) in [6, 6.07) is 55.5. The summed E-state index contributed by atoms with van der Waals surface area (Å²) in [5.74, 6) is 0.834. The van der Waals surface area contributed by atoms with Gasteiger partial charge in [0.2, 0.25) is 0 Å². The van der Waals surface area contributed by atoms with Gasteiger partial charge in [-0.05, 0) is 140 Å². The maximum absolute atomic E-state index is 15.2. The normalized spacial score (nSPS) is 12.8. The van der Waals surface area contributed by atoms with E-state index in [4.69, 9.17) is 15.0 Å². The fraction of sp³-hybridized carbons (Fsp3) is 0.246. The van der Waals surface area contributed by atoms with Crippen molar-refractivity contribution >= 4 is 43.6 Å². The lowest BCUT2D eigenvalue weighted by Gasteiger charge is -2.20. The fourth-order valence-electron chi connectivity index (χ4n) is 10.8. The van der Waals surface area contributed by atoms with E-state index in [1.165, 1.54) is 23.3 Å². The SMILES string of the molecule is CC(C)(C)c1ccc2c(c1)c1cc(C(C)(C)C)ccc1n2-c1ccc(-c2ccccc2C#N)cc1-c1nc(-c2ccccc2)nc(-c2ccc(C(F)(F)F)cc2-n2c3ccc(C(C)(C)C)cc3c3cc(C(C)(C)C)ccc32)n1. The summed E-state index contributed by atoms with van der Waals surface area (Å²) in [6.07, 6.45) is -4.66. The number of nitriles is 1. The molecule has 0 spiro atoms. The summed E-state index contributed by atoms with van der Waals surface area (Å²) in [5, 5.41) is 14.5. The number of hydrogen-bond acceptors (Lipinski definition) is 4. The molecule has 0 radical (unpaired) electrons. The zero-order valence-electron chi connectivity index (χ0n) is 46.4. The Morgan fingerprint density at radius 2 is 0.769 bits per heavy atom. The largest absolute Gasteiger partial charge is 0.416 e. The predicted octanol–water partition coefficient (Wildman–Crippen LogP) is 18.8. The quantitative estimate of drug-likeness (QED) is 0.166. The first kappa shape index (κ1) is 51.7. The molecule has 0 saturated carbocycles. The average Bonchev–Trinajstić information content (AvgIpc) is 4.10. The van der Waals surface area contributed by atoms with Crippen molar-refractivity contribution in [3.05, 3.63) is 197 Å². The third-order valence-electron chi connectivity index (χ3n) is 15.3. The Morgan fingerprint density at radius 3 is 1.22 bits per heavy atom. The minimum atomic E-state index is -4.66. The van der Waals surface area contributed by atoms with Crippen LogP contribution in [0, 0.1) is 11.3 Å². The van der Waals surface area contributed by atoms with Gasteiger partial charge in [-0.2, -0.15) is 18.4 Å². The predicted molar refractivity (Wildman–Crippen MR) is 315 cm³/mol. The van der Waals surface area contributed by atoms with Gasteiger partial charge in [-0.25, -0.2) is 15.0 Å². The summed E-state index contributed by atoms with van der Waals surface area (Å²) in [5.41, 5.74) is 11.4. The molecule has 78 heavy (non-hydrogen) atoms. The number of alkyl halides is 3. The second-order valence-corrected chi connectivity index (χ2v) is 24.9. The van der Waals surface area contributed by atoms with Crippen LogP contribution in [-0.2, 0) is 27.8 Å². The van der Waals surface area contributed by atoms with Crippen LogP contribution in [0.2, 0.25) is 0 Å². The van der Waals surface area contributed by atoms with Gasteiger partial charge in [0, 0.05) is 38.2 Å². The highest BCUT2D eigenvalue weighted by Crippen LogP contribution is 2.45. The Balaban J connectivity index is 1.26. The van der Waals surface area contributed by atoms with Gasteiger partial charge in [0.1, 0.15) is 0 Å².